The fraction of sp³-hybridized carbons (Fsp3) is 0.273. The Hall–Kier alpha value is -1.40. The molecule has 0 aliphatic rings. The molecule has 0 unspecified atom stereocenters. The standard InChI is InChI=1S/C11H13BrN4O/c12-9-4-2-1-3-8(9)7-14-11-16-15-10(17-11)5-6-13/h1-4H,5-7,13H2,(H,14,16). The summed E-state index contributed by atoms with van der Waals surface area (Å²) in [4.78, 5) is 0. The first kappa shape index (κ1) is 12.1. The van der Waals surface area contributed by atoms with Gasteiger partial charge in [-0.15, -0.1) is 5.10 Å². The van der Waals surface area contributed by atoms with E-state index in [0.717, 1.165) is 10.0 Å². The summed E-state index contributed by atoms with van der Waals surface area (Å²) in [6, 6.07) is 8.39. The van der Waals surface area contributed by atoms with E-state index in [1.807, 2.05) is 24.3 Å². The molecule has 0 bridgehead atoms. The van der Waals surface area contributed by atoms with E-state index in [0.29, 0.717) is 31.4 Å². The highest BCUT2D eigenvalue weighted by atomic mass is 79.9. The van der Waals surface area contributed by atoms with Crippen LogP contribution in [0.25, 0.3) is 0 Å². The van der Waals surface area contributed by atoms with Crippen molar-refractivity contribution in [1.82, 2.24) is 10.2 Å². The van der Waals surface area contributed by atoms with Gasteiger partial charge in [-0.05, 0) is 11.6 Å². The zero-order chi connectivity index (χ0) is 12.1. The molecule has 5 nitrogen and oxygen atoms in total. The molecule has 0 atom stereocenters. The van der Waals surface area contributed by atoms with Crippen molar-refractivity contribution < 1.29 is 4.42 Å². The predicted octanol–water partition coefficient (Wildman–Crippen LogP) is 1.95. The van der Waals surface area contributed by atoms with Gasteiger partial charge in [0.25, 0.3) is 0 Å². The maximum Gasteiger partial charge on any atom is 0.315 e. The second kappa shape index (κ2) is 5.79. The summed E-state index contributed by atoms with van der Waals surface area (Å²) in [5.41, 5.74) is 6.53. The van der Waals surface area contributed by atoms with Gasteiger partial charge < -0.3 is 15.5 Å². The Bertz CT molecular complexity index is 486. The Morgan fingerprint density at radius 3 is 2.88 bits per heavy atom. The quantitative estimate of drug-likeness (QED) is 0.882. The Morgan fingerprint density at radius 2 is 2.12 bits per heavy atom. The van der Waals surface area contributed by atoms with Crippen LogP contribution in [0.3, 0.4) is 0 Å². The molecule has 90 valence electrons. The van der Waals surface area contributed by atoms with Gasteiger partial charge in [0.15, 0.2) is 0 Å². The predicted molar refractivity (Wildman–Crippen MR) is 68.5 cm³/mol. The number of nitrogens with one attached hydrogen (secondary N) is 1. The minimum Gasteiger partial charge on any atom is -0.408 e. The lowest BCUT2D eigenvalue weighted by atomic mass is 10.2. The van der Waals surface area contributed by atoms with E-state index in [9.17, 15) is 0 Å². The van der Waals surface area contributed by atoms with Crippen LogP contribution in [-0.4, -0.2) is 16.7 Å². The number of benzene rings is 1. The molecule has 1 aromatic carbocycles. The van der Waals surface area contributed by atoms with Gasteiger partial charge in [0, 0.05) is 24.0 Å². The lowest BCUT2D eigenvalue weighted by molar-refractivity contribution is 0.505. The molecule has 0 aliphatic carbocycles. The van der Waals surface area contributed by atoms with Crippen molar-refractivity contribution in [3.8, 4) is 0 Å². The summed E-state index contributed by atoms with van der Waals surface area (Å²) in [5, 5.41) is 10.8. The number of hydrogen-bond acceptors (Lipinski definition) is 5. The van der Waals surface area contributed by atoms with Crippen LogP contribution in [0.4, 0.5) is 6.01 Å². The molecule has 0 aliphatic heterocycles. The van der Waals surface area contributed by atoms with Gasteiger partial charge in [0.1, 0.15) is 0 Å². The summed E-state index contributed by atoms with van der Waals surface area (Å²) in [6.07, 6.45) is 0.601. The maximum atomic E-state index is 5.40. The highest BCUT2D eigenvalue weighted by Gasteiger charge is 2.05. The second-order valence-electron chi connectivity index (χ2n) is 3.48. The van der Waals surface area contributed by atoms with Crippen LogP contribution in [0.5, 0.6) is 0 Å². The van der Waals surface area contributed by atoms with E-state index in [1.54, 1.807) is 0 Å². The van der Waals surface area contributed by atoms with Gasteiger partial charge in [0.05, 0.1) is 0 Å². The SMILES string of the molecule is NCCc1nnc(NCc2ccccc2Br)o1. The van der Waals surface area contributed by atoms with Gasteiger partial charge in [-0.25, -0.2) is 0 Å². The number of aromatic nitrogens is 2. The van der Waals surface area contributed by atoms with Crippen molar-refractivity contribution >= 4 is 21.9 Å². The number of halogens is 1. The highest BCUT2D eigenvalue weighted by molar-refractivity contribution is 9.10. The average molecular weight is 297 g/mol. The van der Waals surface area contributed by atoms with Crippen LogP contribution in [-0.2, 0) is 13.0 Å². The van der Waals surface area contributed by atoms with Crippen LogP contribution in [0.15, 0.2) is 33.2 Å². The van der Waals surface area contributed by atoms with Crippen molar-refractivity contribution in [3.05, 3.63) is 40.2 Å². The summed E-state index contributed by atoms with van der Waals surface area (Å²) in [5.74, 6) is 0.558. The summed E-state index contributed by atoms with van der Waals surface area (Å²) >= 11 is 3.48. The number of nitrogens with two attached hydrogens (primary N) is 1. The first-order valence-electron chi connectivity index (χ1n) is 5.29. The molecular weight excluding hydrogens is 284 g/mol. The molecule has 6 heteroatoms. The molecular formula is C11H13BrN4O. The molecule has 0 saturated carbocycles. The molecule has 1 heterocycles. The van der Waals surface area contributed by atoms with E-state index in [-0.39, 0.29) is 0 Å². The van der Waals surface area contributed by atoms with Gasteiger partial charge in [-0.1, -0.05) is 39.2 Å². The third kappa shape index (κ3) is 3.28. The van der Waals surface area contributed by atoms with E-state index in [4.69, 9.17) is 10.2 Å². The fourth-order valence-corrected chi connectivity index (χ4v) is 1.79. The van der Waals surface area contributed by atoms with Crippen molar-refractivity contribution in [3.63, 3.8) is 0 Å². The maximum absolute atomic E-state index is 5.40. The largest absolute Gasteiger partial charge is 0.408 e. The van der Waals surface area contributed by atoms with E-state index >= 15 is 0 Å². The number of anilines is 1. The molecule has 0 fully saturated rings. The zero-order valence-electron chi connectivity index (χ0n) is 9.19. The molecule has 2 aromatic rings. The molecule has 0 spiro atoms. The van der Waals surface area contributed by atoms with Crippen LogP contribution >= 0.6 is 15.9 Å². The molecule has 3 N–H and O–H groups in total. The number of rotatable bonds is 5. The normalized spacial score (nSPS) is 10.5. The van der Waals surface area contributed by atoms with Crippen molar-refractivity contribution in [2.75, 3.05) is 11.9 Å². The lowest BCUT2D eigenvalue weighted by Crippen LogP contribution is -2.02. The molecule has 0 amide bonds. The minimum atomic E-state index is 0.421. The number of hydrogen-bond donors (Lipinski definition) is 2. The fourth-order valence-electron chi connectivity index (χ4n) is 1.36. The summed E-state index contributed by atoms with van der Waals surface area (Å²) in [7, 11) is 0. The van der Waals surface area contributed by atoms with Crippen molar-refractivity contribution in [2.45, 2.75) is 13.0 Å². The minimum absolute atomic E-state index is 0.421. The zero-order valence-corrected chi connectivity index (χ0v) is 10.8. The van der Waals surface area contributed by atoms with Crippen molar-refractivity contribution in [2.24, 2.45) is 5.73 Å². The molecule has 1 aromatic heterocycles. The van der Waals surface area contributed by atoms with Crippen LogP contribution < -0.4 is 11.1 Å². The first-order valence-corrected chi connectivity index (χ1v) is 6.08. The average Bonchev–Trinajstić information content (AvgIpc) is 2.76. The van der Waals surface area contributed by atoms with Gasteiger partial charge in [0.2, 0.25) is 5.89 Å². The lowest BCUT2D eigenvalue weighted by Gasteiger charge is -2.03. The Kier molecular flexibility index (Phi) is 4.11. The number of nitrogens with zero attached hydrogens (tertiary/aromatic N) is 2. The first-order chi connectivity index (χ1) is 8.29. The van der Waals surface area contributed by atoms with Crippen LogP contribution in [0.1, 0.15) is 11.5 Å². The van der Waals surface area contributed by atoms with E-state index < -0.39 is 0 Å². The Labute approximate surface area is 108 Å². The van der Waals surface area contributed by atoms with Gasteiger partial charge >= 0.3 is 6.01 Å². The van der Waals surface area contributed by atoms with Gasteiger partial charge in [-0.2, -0.15) is 0 Å². The molecule has 2 rings (SSSR count). The smallest absolute Gasteiger partial charge is 0.315 e. The third-order valence-electron chi connectivity index (χ3n) is 2.21. The molecule has 0 radical (unpaired) electrons. The Balaban J connectivity index is 1.95. The van der Waals surface area contributed by atoms with Crippen molar-refractivity contribution in [1.29, 1.82) is 0 Å². The summed E-state index contributed by atoms with van der Waals surface area (Å²) < 4.78 is 6.41. The summed E-state index contributed by atoms with van der Waals surface area (Å²) in [6.45, 7) is 1.14. The molecule has 17 heavy (non-hydrogen) atoms. The Morgan fingerprint density at radius 1 is 1.29 bits per heavy atom. The van der Waals surface area contributed by atoms with Crippen LogP contribution in [0.2, 0.25) is 0 Å². The van der Waals surface area contributed by atoms with Gasteiger partial charge in [-0.3, -0.25) is 0 Å². The second-order valence-corrected chi connectivity index (χ2v) is 4.34. The topological polar surface area (TPSA) is 77.0 Å². The van der Waals surface area contributed by atoms with E-state index in [1.165, 1.54) is 0 Å². The molecule has 0 saturated heterocycles. The monoisotopic (exact) mass is 296 g/mol. The third-order valence-corrected chi connectivity index (χ3v) is 2.99. The van der Waals surface area contributed by atoms with E-state index in [2.05, 4.69) is 31.4 Å². The highest BCUT2D eigenvalue weighted by Crippen LogP contribution is 2.17. The van der Waals surface area contributed by atoms with Crippen LogP contribution in [0, 0.1) is 0 Å².